The van der Waals surface area contributed by atoms with Crippen molar-refractivity contribution >= 4 is 10.1 Å². The molecule has 1 heterocycles. The van der Waals surface area contributed by atoms with Gasteiger partial charge in [-0.2, -0.15) is 8.42 Å². The van der Waals surface area contributed by atoms with Gasteiger partial charge in [0.2, 0.25) is 0 Å². The molecular weight excluding hydrogens is 156 g/mol. The summed E-state index contributed by atoms with van der Waals surface area (Å²) in [5, 5.41) is 5.86. The van der Waals surface area contributed by atoms with Crippen LogP contribution in [0.4, 0.5) is 0 Å². The van der Waals surface area contributed by atoms with Gasteiger partial charge in [0.25, 0.3) is 10.1 Å². The van der Waals surface area contributed by atoms with Gasteiger partial charge < -0.3 is 10.6 Å². The van der Waals surface area contributed by atoms with Gasteiger partial charge in [0.05, 0.1) is 12.9 Å². The molecule has 0 bridgehead atoms. The van der Waals surface area contributed by atoms with Gasteiger partial charge in [-0.25, -0.2) is 0 Å². The van der Waals surface area contributed by atoms with Gasteiger partial charge in [0.1, 0.15) is 0 Å². The average Bonchev–Trinajstić information content (AvgIpc) is 2.07. The molecule has 0 aliphatic carbocycles. The molecule has 3 N–H and O–H groups in total. The summed E-state index contributed by atoms with van der Waals surface area (Å²) in [6.45, 7) is 0.889. The molecule has 0 aromatic rings. The lowest BCUT2D eigenvalue weighted by molar-refractivity contribution is 0.490. The highest BCUT2D eigenvalue weighted by Crippen LogP contribution is 1.65. The predicted molar refractivity (Wildman–Crippen MR) is 37.8 cm³/mol. The molecule has 60 valence electrons. The number of rotatable bonds is 0. The molecular formula is C4H10N2O3S. The Labute approximate surface area is 59.9 Å². The first-order valence-corrected chi connectivity index (χ1v) is 4.39. The minimum atomic E-state index is -3.67. The molecule has 0 amide bonds. The van der Waals surface area contributed by atoms with Crippen LogP contribution in [0, 0.1) is 0 Å². The van der Waals surface area contributed by atoms with Crippen molar-refractivity contribution in [1.82, 2.24) is 10.6 Å². The van der Waals surface area contributed by atoms with Crippen LogP contribution in [0.1, 0.15) is 0 Å². The Hall–Kier alpha value is -0.750. The van der Waals surface area contributed by atoms with Gasteiger partial charge in [-0.1, -0.05) is 0 Å². The number of nitrogens with one attached hydrogen (secondary N) is 2. The predicted octanol–water partition coefficient (Wildman–Crippen LogP) is -0.888. The summed E-state index contributed by atoms with van der Waals surface area (Å²) in [7, 11) is -3.67. The van der Waals surface area contributed by atoms with E-state index in [0.717, 1.165) is 6.67 Å². The van der Waals surface area contributed by atoms with Crippen molar-refractivity contribution in [2.75, 3.05) is 12.9 Å². The third-order valence-corrected chi connectivity index (χ3v) is 0.523. The minimum Gasteiger partial charge on any atom is -0.373 e. The average molecular weight is 166 g/mol. The Morgan fingerprint density at radius 1 is 1.40 bits per heavy atom. The normalized spacial score (nSPS) is 14.6. The van der Waals surface area contributed by atoms with E-state index in [1.807, 2.05) is 12.4 Å². The Morgan fingerprint density at radius 2 is 1.70 bits per heavy atom. The molecule has 0 aromatic heterocycles. The third-order valence-electron chi connectivity index (χ3n) is 0.523. The Balaban J connectivity index is 0.000000162. The van der Waals surface area contributed by atoms with Gasteiger partial charge in [-0.3, -0.25) is 4.55 Å². The Bertz CT molecular complexity index is 183. The monoisotopic (exact) mass is 166 g/mol. The van der Waals surface area contributed by atoms with Crippen LogP contribution in [0.25, 0.3) is 0 Å². The summed E-state index contributed by atoms with van der Waals surface area (Å²) in [5.74, 6) is 0. The molecule has 0 saturated carbocycles. The maximum Gasteiger partial charge on any atom is 0.261 e. The molecule has 5 nitrogen and oxygen atoms in total. The van der Waals surface area contributed by atoms with E-state index >= 15 is 0 Å². The van der Waals surface area contributed by atoms with Crippen molar-refractivity contribution < 1.29 is 13.0 Å². The quantitative estimate of drug-likeness (QED) is 0.407. The Kier molecular flexibility index (Phi) is 3.82. The first-order valence-electron chi connectivity index (χ1n) is 2.54. The minimum absolute atomic E-state index is 0.715. The molecule has 1 rings (SSSR count). The fraction of sp³-hybridized carbons (Fsp3) is 0.500. The van der Waals surface area contributed by atoms with Crippen molar-refractivity contribution in [2.45, 2.75) is 0 Å². The van der Waals surface area contributed by atoms with Crippen LogP contribution < -0.4 is 10.6 Å². The zero-order valence-electron chi connectivity index (χ0n) is 5.53. The van der Waals surface area contributed by atoms with Crippen LogP contribution >= 0.6 is 0 Å². The van der Waals surface area contributed by atoms with Gasteiger partial charge in [0, 0.05) is 12.4 Å². The highest BCUT2D eigenvalue weighted by Gasteiger charge is 1.81. The maximum absolute atomic E-state index is 9.19. The van der Waals surface area contributed by atoms with Gasteiger partial charge >= 0.3 is 0 Å². The third kappa shape index (κ3) is 15.7. The van der Waals surface area contributed by atoms with Crippen LogP contribution in [-0.2, 0) is 10.1 Å². The van der Waals surface area contributed by atoms with Crippen molar-refractivity contribution in [3.63, 3.8) is 0 Å². The molecule has 1 aliphatic heterocycles. The van der Waals surface area contributed by atoms with E-state index in [-0.39, 0.29) is 0 Å². The molecule has 6 heteroatoms. The van der Waals surface area contributed by atoms with Gasteiger partial charge in [0.15, 0.2) is 0 Å². The molecule has 0 saturated heterocycles. The van der Waals surface area contributed by atoms with Crippen LogP contribution in [0.15, 0.2) is 12.4 Å². The van der Waals surface area contributed by atoms with E-state index in [1.165, 1.54) is 0 Å². The smallest absolute Gasteiger partial charge is 0.261 e. The summed E-state index contributed by atoms with van der Waals surface area (Å²) < 4.78 is 25.9. The van der Waals surface area contributed by atoms with Crippen molar-refractivity contribution in [3.05, 3.63) is 12.4 Å². The molecule has 1 aliphatic rings. The summed E-state index contributed by atoms with van der Waals surface area (Å²) in [5.41, 5.74) is 0. The highest BCUT2D eigenvalue weighted by atomic mass is 32.2. The molecule has 0 aromatic carbocycles. The lowest BCUT2D eigenvalue weighted by atomic mass is 11.0. The summed E-state index contributed by atoms with van der Waals surface area (Å²) >= 11 is 0. The van der Waals surface area contributed by atoms with Crippen LogP contribution in [0.2, 0.25) is 0 Å². The van der Waals surface area contributed by atoms with E-state index < -0.39 is 10.1 Å². The zero-order chi connectivity index (χ0) is 8.04. The van der Waals surface area contributed by atoms with Gasteiger partial charge in [-0.05, 0) is 0 Å². The fourth-order valence-electron chi connectivity index (χ4n) is 0.295. The Morgan fingerprint density at radius 3 is 1.80 bits per heavy atom. The zero-order valence-corrected chi connectivity index (χ0v) is 6.35. The van der Waals surface area contributed by atoms with E-state index in [1.54, 1.807) is 0 Å². The summed E-state index contributed by atoms with van der Waals surface area (Å²) in [4.78, 5) is 0. The van der Waals surface area contributed by atoms with E-state index in [4.69, 9.17) is 4.55 Å². The molecule has 0 radical (unpaired) electrons. The molecule has 10 heavy (non-hydrogen) atoms. The standard InChI is InChI=1S/C3H6N2.CH4O3S/c1-2-5-3-4-1;1-5(2,3)4/h1-2,4-5H,3H2;1H3,(H,2,3,4). The maximum atomic E-state index is 9.19. The van der Waals surface area contributed by atoms with Crippen molar-refractivity contribution in [3.8, 4) is 0 Å². The number of hydrogen-bond acceptors (Lipinski definition) is 4. The molecule has 0 unspecified atom stereocenters. The second-order valence-corrected chi connectivity index (χ2v) is 3.12. The lowest BCUT2D eigenvalue weighted by Gasteiger charge is -1.82. The first-order chi connectivity index (χ1) is 4.50. The van der Waals surface area contributed by atoms with Gasteiger partial charge in [-0.15, -0.1) is 0 Å². The number of hydrogen-bond donors (Lipinski definition) is 3. The van der Waals surface area contributed by atoms with Crippen molar-refractivity contribution in [1.29, 1.82) is 0 Å². The fourth-order valence-corrected chi connectivity index (χ4v) is 0.295. The second kappa shape index (κ2) is 4.13. The second-order valence-electron chi connectivity index (χ2n) is 1.65. The summed E-state index contributed by atoms with van der Waals surface area (Å²) in [6, 6.07) is 0. The van der Waals surface area contributed by atoms with Crippen LogP contribution in [0.5, 0.6) is 0 Å². The lowest BCUT2D eigenvalue weighted by Crippen LogP contribution is -2.10. The van der Waals surface area contributed by atoms with Crippen molar-refractivity contribution in [2.24, 2.45) is 0 Å². The molecule has 0 spiro atoms. The van der Waals surface area contributed by atoms with E-state index in [0.29, 0.717) is 6.26 Å². The molecule has 0 fully saturated rings. The highest BCUT2D eigenvalue weighted by molar-refractivity contribution is 7.85. The molecule has 0 atom stereocenters. The summed E-state index contributed by atoms with van der Waals surface area (Å²) in [6.07, 6.45) is 4.47. The largest absolute Gasteiger partial charge is 0.373 e. The van der Waals surface area contributed by atoms with E-state index in [2.05, 4.69) is 10.6 Å². The van der Waals surface area contributed by atoms with E-state index in [9.17, 15) is 8.42 Å². The van der Waals surface area contributed by atoms with Crippen LogP contribution in [-0.4, -0.2) is 25.9 Å². The topological polar surface area (TPSA) is 78.4 Å². The van der Waals surface area contributed by atoms with Crippen LogP contribution in [0.3, 0.4) is 0 Å². The first kappa shape index (κ1) is 9.25. The SMILES string of the molecule is C1=CNCN1.CS(=O)(=O)O.